The van der Waals surface area contributed by atoms with Gasteiger partial charge in [-0.05, 0) is 0 Å². The maximum Gasteiger partial charge on any atom is 0.177 e. The van der Waals surface area contributed by atoms with E-state index in [2.05, 4.69) is 15.9 Å². The number of halogens is 3. The van der Waals surface area contributed by atoms with Gasteiger partial charge in [0.15, 0.2) is 11.6 Å². The SMILES string of the molecule is O=C(CCCl)c1ccccc1.O=C(c1ccccc1)C(Br)CCl. The number of Topliss-reactive ketones (excluding diaryl/α,β-unsaturated/α-hetero) is 2. The van der Waals surface area contributed by atoms with Gasteiger partial charge in [-0.1, -0.05) is 76.6 Å². The summed E-state index contributed by atoms with van der Waals surface area (Å²) in [6, 6.07) is 18.3. The molecule has 0 saturated carbocycles. The molecule has 0 amide bonds. The predicted molar refractivity (Wildman–Crippen MR) is 100 cm³/mol. The van der Waals surface area contributed by atoms with Crippen LogP contribution in [0.4, 0.5) is 0 Å². The van der Waals surface area contributed by atoms with Crippen LogP contribution < -0.4 is 0 Å². The Bertz CT molecular complexity index is 603. The fourth-order valence-corrected chi connectivity index (χ4v) is 2.28. The summed E-state index contributed by atoms with van der Waals surface area (Å²) in [5, 5.41) is 0. The summed E-state index contributed by atoms with van der Waals surface area (Å²) in [4.78, 5) is 22.3. The number of hydrogen-bond donors (Lipinski definition) is 0. The molecule has 1 atom stereocenters. The number of ketones is 2. The van der Waals surface area contributed by atoms with Crippen LogP contribution in [0.5, 0.6) is 0 Å². The van der Waals surface area contributed by atoms with Gasteiger partial charge in [-0.2, -0.15) is 0 Å². The third-order valence-corrected chi connectivity index (χ3v) is 4.51. The molecule has 122 valence electrons. The Morgan fingerprint density at radius 1 is 0.870 bits per heavy atom. The summed E-state index contributed by atoms with van der Waals surface area (Å²) < 4.78 is 0. The van der Waals surface area contributed by atoms with Gasteiger partial charge < -0.3 is 0 Å². The van der Waals surface area contributed by atoms with Crippen LogP contribution in [0.15, 0.2) is 60.7 Å². The lowest BCUT2D eigenvalue weighted by atomic mass is 10.1. The van der Waals surface area contributed by atoms with Crippen LogP contribution in [0, 0.1) is 0 Å². The molecule has 2 rings (SSSR count). The highest BCUT2D eigenvalue weighted by atomic mass is 79.9. The van der Waals surface area contributed by atoms with Gasteiger partial charge in [0, 0.05) is 29.3 Å². The molecule has 0 spiro atoms. The summed E-state index contributed by atoms with van der Waals surface area (Å²) in [7, 11) is 0. The normalized spacial score (nSPS) is 11.1. The average Bonchev–Trinajstić information content (AvgIpc) is 2.62. The van der Waals surface area contributed by atoms with Gasteiger partial charge in [0.05, 0.1) is 4.83 Å². The Labute approximate surface area is 154 Å². The topological polar surface area (TPSA) is 34.1 Å². The lowest BCUT2D eigenvalue weighted by Crippen LogP contribution is -2.15. The Morgan fingerprint density at radius 3 is 1.78 bits per heavy atom. The largest absolute Gasteiger partial charge is 0.294 e. The zero-order chi connectivity index (χ0) is 17.1. The smallest absolute Gasteiger partial charge is 0.177 e. The first-order chi connectivity index (χ1) is 11.1. The lowest BCUT2D eigenvalue weighted by molar-refractivity contribution is 0.0984. The van der Waals surface area contributed by atoms with Crippen molar-refractivity contribution in [3.8, 4) is 0 Å². The van der Waals surface area contributed by atoms with Crippen molar-refractivity contribution >= 4 is 50.7 Å². The quantitative estimate of drug-likeness (QED) is 0.469. The second-order valence-electron chi connectivity index (χ2n) is 4.58. The van der Waals surface area contributed by atoms with E-state index in [4.69, 9.17) is 23.2 Å². The number of hydrogen-bond acceptors (Lipinski definition) is 2. The average molecular weight is 416 g/mol. The Hall–Kier alpha value is -1.16. The van der Waals surface area contributed by atoms with Crippen LogP contribution >= 0.6 is 39.1 Å². The van der Waals surface area contributed by atoms with E-state index >= 15 is 0 Å². The van der Waals surface area contributed by atoms with E-state index in [1.54, 1.807) is 24.3 Å². The molecular weight excluding hydrogens is 399 g/mol. The van der Waals surface area contributed by atoms with E-state index in [0.29, 0.717) is 23.7 Å². The van der Waals surface area contributed by atoms with Crippen LogP contribution in [0.3, 0.4) is 0 Å². The van der Waals surface area contributed by atoms with Gasteiger partial charge in [-0.15, -0.1) is 23.2 Å². The molecule has 1 unspecified atom stereocenters. The van der Waals surface area contributed by atoms with Gasteiger partial charge in [0.1, 0.15) is 0 Å². The highest BCUT2D eigenvalue weighted by molar-refractivity contribution is 9.10. The van der Waals surface area contributed by atoms with Crippen molar-refractivity contribution in [1.82, 2.24) is 0 Å². The molecule has 0 heterocycles. The zero-order valence-corrected chi connectivity index (χ0v) is 15.5. The van der Waals surface area contributed by atoms with Crippen molar-refractivity contribution < 1.29 is 9.59 Å². The molecule has 0 saturated heterocycles. The molecule has 0 bridgehead atoms. The number of alkyl halides is 3. The van der Waals surface area contributed by atoms with Gasteiger partial charge >= 0.3 is 0 Å². The van der Waals surface area contributed by atoms with Crippen LogP contribution in [0.1, 0.15) is 27.1 Å². The number of carbonyl (C=O) groups is 2. The van der Waals surface area contributed by atoms with Crippen molar-refractivity contribution in [2.45, 2.75) is 11.2 Å². The molecule has 0 radical (unpaired) electrons. The summed E-state index contributed by atoms with van der Waals surface area (Å²) in [6.07, 6.45) is 0.422. The fourth-order valence-electron chi connectivity index (χ4n) is 1.71. The molecule has 23 heavy (non-hydrogen) atoms. The molecule has 2 aromatic rings. The molecule has 2 aromatic carbocycles. The number of benzene rings is 2. The van der Waals surface area contributed by atoms with E-state index in [1.165, 1.54) is 0 Å². The Kier molecular flexibility index (Phi) is 9.85. The van der Waals surface area contributed by atoms with Crippen molar-refractivity contribution in [2.75, 3.05) is 11.8 Å². The lowest BCUT2D eigenvalue weighted by Gasteiger charge is -2.03. The molecule has 0 aliphatic heterocycles. The van der Waals surface area contributed by atoms with E-state index in [0.717, 1.165) is 5.56 Å². The first-order valence-corrected chi connectivity index (χ1v) is 9.02. The van der Waals surface area contributed by atoms with Gasteiger partial charge in [-0.3, -0.25) is 9.59 Å². The highest BCUT2D eigenvalue weighted by Crippen LogP contribution is 2.11. The predicted octanol–water partition coefficient (Wildman–Crippen LogP) is 5.37. The minimum atomic E-state index is -0.276. The number of rotatable bonds is 6. The third kappa shape index (κ3) is 7.30. The van der Waals surface area contributed by atoms with E-state index in [9.17, 15) is 9.59 Å². The first-order valence-electron chi connectivity index (χ1n) is 7.03. The van der Waals surface area contributed by atoms with E-state index < -0.39 is 0 Å². The highest BCUT2D eigenvalue weighted by Gasteiger charge is 2.14. The number of carbonyl (C=O) groups excluding carboxylic acids is 2. The van der Waals surface area contributed by atoms with Crippen LogP contribution in [0.2, 0.25) is 0 Å². The zero-order valence-electron chi connectivity index (χ0n) is 12.4. The van der Waals surface area contributed by atoms with Crippen LogP contribution in [-0.4, -0.2) is 28.2 Å². The summed E-state index contributed by atoms with van der Waals surface area (Å²) in [5.74, 6) is 0.841. The molecule has 0 aromatic heterocycles. The minimum Gasteiger partial charge on any atom is -0.294 e. The van der Waals surface area contributed by atoms with Crippen LogP contribution in [-0.2, 0) is 0 Å². The van der Waals surface area contributed by atoms with Crippen molar-refractivity contribution in [1.29, 1.82) is 0 Å². The van der Waals surface area contributed by atoms with Gasteiger partial charge in [0.25, 0.3) is 0 Å². The monoisotopic (exact) mass is 414 g/mol. The second-order valence-corrected chi connectivity index (χ2v) is 6.37. The summed E-state index contributed by atoms with van der Waals surface area (Å²) in [6.45, 7) is 0. The maximum atomic E-state index is 11.4. The molecule has 2 nitrogen and oxygen atoms in total. The summed E-state index contributed by atoms with van der Waals surface area (Å²) >= 11 is 14.2. The molecule has 0 fully saturated rings. The first kappa shape index (κ1) is 19.9. The fraction of sp³-hybridized carbons (Fsp3) is 0.222. The molecule has 0 aliphatic rings. The second kappa shape index (κ2) is 11.4. The minimum absolute atomic E-state index is 0.0330. The van der Waals surface area contributed by atoms with Gasteiger partial charge in [0.2, 0.25) is 0 Å². The molecule has 5 heteroatoms. The van der Waals surface area contributed by atoms with Crippen molar-refractivity contribution in [3.63, 3.8) is 0 Å². The van der Waals surface area contributed by atoms with Crippen molar-refractivity contribution in [2.24, 2.45) is 0 Å². The third-order valence-electron chi connectivity index (χ3n) is 2.90. The molecular formula is C18H17BrCl2O2. The van der Waals surface area contributed by atoms with Crippen LogP contribution in [0.25, 0.3) is 0 Å². The van der Waals surface area contributed by atoms with E-state index in [1.807, 2.05) is 36.4 Å². The Morgan fingerprint density at radius 2 is 1.35 bits per heavy atom. The van der Waals surface area contributed by atoms with E-state index in [-0.39, 0.29) is 16.4 Å². The standard InChI is InChI=1S/C9H8BrClO.C9H9ClO/c10-8(6-11)9(12)7-4-2-1-3-5-7;10-7-6-9(11)8-4-2-1-3-5-8/h1-5,8H,6H2;1-5H,6-7H2. The molecule has 0 aliphatic carbocycles. The molecule has 0 N–H and O–H groups in total. The summed E-state index contributed by atoms with van der Waals surface area (Å²) in [5.41, 5.74) is 1.44. The maximum absolute atomic E-state index is 11.4. The van der Waals surface area contributed by atoms with Crippen molar-refractivity contribution in [3.05, 3.63) is 71.8 Å². The Balaban J connectivity index is 0.000000231. The van der Waals surface area contributed by atoms with Gasteiger partial charge in [-0.25, -0.2) is 0 Å².